The van der Waals surface area contributed by atoms with Gasteiger partial charge in [-0.1, -0.05) is 33.8 Å². The van der Waals surface area contributed by atoms with Gasteiger partial charge in [-0.3, -0.25) is 0 Å². The van der Waals surface area contributed by atoms with Crippen LogP contribution in [0.4, 0.5) is 0 Å². The number of aromatic nitrogens is 2. The summed E-state index contributed by atoms with van der Waals surface area (Å²) in [6.45, 7) is 10.2. The second-order valence-corrected chi connectivity index (χ2v) is 4.14. The molecule has 0 aromatic carbocycles. The summed E-state index contributed by atoms with van der Waals surface area (Å²) < 4.78 is 0. The highest BCUT2D eigenvalue weighted by molar-refractivity contribution is 5.40. The first-order chi connectivity index (χ1) is 6.60. The zero-order valence-corrected chi connectivity index (χ0v) is 9.25. The van der Waals surface area contributed by atoms with Crippen molar-refractivity contribution in [2.45, 2.75) is 39.0 Å². The van der Waals surface area contributed by atoms with E-state index in [1.807, 2.05) is 6.07 Å². The maximum absolute atomic E-state index is 4.45. The fraction of sp³-hybridized carbons (Fsp3) is 0.500. The average molecular weight is 190 g/mol. The van der Waals surface area contributed by atoms with Gasteiger partial charge in [-0.25, -0.2) is 9.97 Å². The van der Waals surface area contributed by atoms with Crippen LogP contribution in [0.15, 0.2) is 18.8 Å². The number of rotatable bonds is 4. The van der Waals surface area contributed by atoms with Gasteiger partial charge in [0.1, 0.15) is 5.82 Å². The Labute approximate surface area is 86.1 Å². The van der Waals surface area contributed by atoms with Gasteiger partial charge in [-0.2, -0.15) is 0 Å². The summed E-state index contributed by atoms with van der Waals surface area (Å²) in [5.41, 5.74) is 0.965. The van der Waals surface area contributed by atoms with Gasteiger partial charge in [0.2, 0.25) is 0 Å². The molecule has 76 valence electrons. The van der Waals surface area contributed by atoms with Crippen molar-refractivity contribution in [3.05, 3.63) is 30.4 Å². The van der Waals surface area contributed by atoms with Crippen molar-refractivity contribution >= 4 is 6.08 Å². The third-order valence-corrected chi connectivity index (χ3v) is 2.37. The molecule has 1 heterocycles. The van der Waals surface area contributed by atoms with Gasteiger partial charge in [-0.15, -0.1) is 0 Å². The SMILES string of the molecule is C=Cc1ccnc(C(C)(C)CCC)n1. The van der Waals surface area contributed by atoms with Gasteiger partial charge in [0.15, 0.2) is 0 Å². The van der Waals surface area contributed by atoms with E-state index in [1.165, 1.54) is 0 Å². The lowest BCUT2D eigenvalue weighted by Crippen LogP contribution is -2.20. The molecule has 0 N–H and O–H groups in total. The van der Waals surface area contributed by atoms with Crippen LogP contribution in [0.3, 0.4) is 0 Å². The molecule has 0 aliphatic rings. The van der Waals surface area contributed by atoms with Crippen LogP contribution in [0.1, 0.15) is 45.1 Å². The second-order valence-electron chi connectivity index (χ2n) is 4.14. The van der Waals surface area contributed by atoms with E-state index in [1.54, 1.807) is 12.3 Å². The Morgan fingerprint density at radius 2 is 2.21 bits per heavy atom. The van der Waals surface area contributed by atoms with Gasteiger partial charge in [-0.05, 0) is 18.6 Å². The van der Waals surface area contributed by atoms with E-state index < -0.39 is 0 Å². The standard InChI is InChI=1S/C12H18N2/c1-5-8-12(3,4)11-13-9-7-10(6-2)14-11/h6-7,9H,2,5,8H2,1,3-4H3. The molecule has 0 saturated heterocycles. The fourth-order valence-corrected chi connectivity index (χ4v) is 1.55. The summed E-state index contributed by atoms with van der Waals surface area (Å²) >= 11 is 0. The third-order valence-electron chi connectivity index (χ3n) is 2.37. The zero-order valence-electron chi connectivity index (χ0n) is 9.25. The van der Waals surface area contributed by atoms with Crippen molar-refractivity contribution < 1.29 is 0 Å². The molecular weight excluding hydrogens is 172 g/mol. The highest BCUT2D eigenvalue weighted by Gasteiger charge is 2.22. The van der Waals surface area contributed by atoms with E-state index in [4.69, 9.17) is 0 Å². The van der Waals surface area contributed by atoms with Crippen LogP contribution in [0, 0.1) is 0 Å². The van der Waals surface area contributed by atoms with E-state index in [9.17, 15) is 0 Å². The maximum atomic E-state index is 4.45. The van der Waals surface area contributed by atoms with Crippen molar-refractivity contribution in [1.82, 2.24) is 9.97 Å². The quantitative estimate of drug-likeness (QED) is 0.728. The van der Waals surface area contributed by atoms with Crippen molar-refractivity contribution in [2.24, 2.45) is 0 Å². The van der Waals surface area contributed by atoms with E-state index in [0.717, 1.165) is 24.4 Å². The van der Waals surface area contributed by atoms with Crippen molar-refractivity contribution in [3.63, 3.8) is 0 Å². The summed E-state index contributed by atoms with van der Waals surface area (Å²) in [7, 11) is 0. The summed E-state index contributed by atoms with van der Waals surface area (Å²) in [6.07, 6.45) is 5.81. The van der Waals surface area contributed by atoms with E-state index in [2.05, 4.69) is 37.3 Å². The van der Waals surface area contributed by atoms with Crippen molar-refractivity contribution in [3.8, 4) is 0 Å². The summed E-state index contributed by atoms with van der Waals surface area (Å²) in [5, 5.41) is 0. The Kier molecular flexibility index (Phi) is 3.39. The monoisotopic (exact) mass is 190 g/mol. The molecule has 0 saturated carbocycles. The molecule has 0 amide bonds. The van der Waals surface area contributed by atoms with Gasteiger partial charge < -0.3 is 0 Å². The smallest absolute Gasteiger partial charge is 0.134 e. The molecular formula is C12H18N2. The molecule has 0 fully saturated rings. The van der Waals surface area contributed by atoms with E-state index in [0.29, 0.717) is 0 Å². The molecule has 0 spiro atoms. The zero-order chi connectivity index (χ0) is 10.6. The lowest BCUT2D eigenvalue weighted by Gasteiger charge is -2.22. The van der Waals surface area contributed by atoms with Gasteiger partial charge in [0.05, 0.1) is 5.69 Å². The molecule has 2 nitrogen and oxygen atoms in total. The molecule has 14 heavy (non-hydrogen) atoms. The predicted octanol–water partition coefficient (Wildman–Crippen LogP) is 3.20. The second kappa shape index (κ2) is 4.36. The first kappa shape index (κ1) is 10.9. The largest absolute Gasteiger partial charge is 0.241 e. The van der Waals surface area contributed by atoms with E-state index >= 15 is 0 Å². The Bertz CT molecular complexity index is 316. The Morgan fingerprint density at radius 3 is 2.79 bits per heavy atom. The van der Waals surface area contributed by atoms with Crippen LogP contribution < -0.4 is 0 Å². The highest BCUT2D eigenvalue weighted by atomic mass is 14.9. The molecule has 1 rings (SSSR count). The molecule has 0 bridgehead atoms. The van der Waals surface area contributed by atoms with Crippen LogP contribution in [0.2, 0.25) is 0 Å². The van der Waals surface area contributed by atoms with E-state index in [-0.39, 0.29) is 5.41 Å². The minimum atomic E-state index is 0.0633. The minimum Gasteiger partial charge on any atom is -0.241 e. The lowest BCUT2D eigenvalue weighted by atomic mass is 9.87. The normalized spacial score (nSPS) is 11.4. The molecule has 0 aliphatic heterocycles. The van der Waals surface area contributed by atoms with Gasteiger partial charge >= 0.3 is 0 Å². The Morgan fingerprint density at radius 1 is 1.50 bits per heavy atom. The van der Waals surface area contributed by atoms with Crippen LogP contribution in [0.25, 0.3) is 6.08 Å². The molecule has 0 aliphatic carbocycles. The summed E-state index contributed by atoms with van der Waals surface area (Å²) in [6, 6.07) is 1.87. The van der Waals surface area contributed by atoms with Crippen molar-refractivity contribution in [1.29, 1.82) is 0 Å². The van der Waals surface area contributed by atoms with Crippen LogP contribution in [-0.2, 0) is 5.41 Å². The number of hydrogen-bond acceptors (Lipinski definition) is 2. The molecule has 2 heteroatoms. The average Bonchev–Trinajstić information content (AvgIpc) is 2.18. The first-order valence-electron chi connectivity index (χ1n) is 5.06. The summed E-state index contributed by atoms with van der Waals surface area (Å²) in [4.78, 5) is 8.77. The Hall–Kier alpha value is -1.18. The van der Waals surface area contributed by atoms with Crippen LogP contribution in [0.5, 0.6) is 0 Å². The molecule has 1 aromatic rings. The number of hydrogen-bond donors (Lipinski definition) is 0. The van der Waals surface area contributed by atoms with Gasteiger partial charge in [0.25, 0.3) is 0 Å². The van der Waals surface area contributed by atoms with Crippen molar-refractivity contribution in [2.75, 3.05) is 0 Å². The Balaban J connectivity index is 2.99. The fourth-order valence-electron chi connectivity index (χ4n) is 1.55. The third kappa shape index (κ3) is 2.41. The first-order valence-corrected chi connectivity index (χ1v) is 5.06. The molecule has 1 aromatic heterocycles. The lowest BCUT2D eigenvalue weighted by molar-refractivity contribution is 0.444. The molecule has 0 radical (unpaired) electrons. The maximum Gasteiger partial charge on any atom is 0.134 e. The highest BCUT2D eigenvalue weighted by Crippen LogP contribution is 2.24. The minimum absolute atomic E-state index is 0.0633. The van der Waals surface area contributed by atoms with Crippen LogP contribution in [-0.4, -0.2) is 9.97 Å². The molecule has 0 unspecified atom stereocenters. The number of nitrogens with zero attached hydrogens (tertiary/aromatic N) is 2. The summed E-state index contributed by atoms with van der Waals surface area (Å²) in [5.74, 6) is 0.914. The molecule has 0 atom stereocenters. The van der Waals surface area contributed by atoms with Gasteiger partial charge in [0, 0.05) is 11.6 Å². The topological polar surface area (TPSA) is 25.8 Å². The predicted molar refractivity (Wildman–Crippen MR) is 60.1 cm³/mol. The van der Waals surface area contributed by atoms with Crippen LogP contribution >= 0.6 is 0 Å².